The summed E-state index contributed by atoms with van der Waals surface area (Å²) in [5.41, 5.74) is 7.30. The van der Waals surface area contributed by atoms with E-state index < -0.39 is 0 Å². The van der Waals surface area contributed by atoms with Crippen molar-refractivity contribution in [2.75, 3.05) is 18.8 Å². The number of nitrogen functional groups attached to an aromatic ring is 1. The molecular formula is C17H21N3O. The highest BCUT2D eigenvalue weighted by Gasteiger charge is 2.27. The molecule has 4 nitrogen and oxygen atoms in total. The van der Waals surface area contributed by atoms with Gasteiger partial charge in [0.25, 0.3) is 5.91 Å². The highest BCUT2D eigenvalue weighted by Crippen LogP contribution is 2.26. The monoisotopic (exact) mass is 283 g/mol. The quantitative estimate of drug-likeness (QED) is 0.875. The number of nitrogens with zero attached hydrogens (tertiary/aromatic N) is 2. The zero-order valence-corrected chi connectivity index (χ0v) is 12.5. The van der Waals surface area contributed by atoms with E-state index in [1.54, 1.807) is 6.07 Å². The van der Waals surface area contributed by atoms with Crippen molar-refractivity contribution in [2.45, 2.75) is 20.3 Å². The third-order valence-corrected chi connectivity index (χ3v) is 4.59. The first-order chi connectivity index (χ1) is 10.1. The fourth-order valence-electron chi connectivity index (χ4n) is 2.99. The van der Waals surface area contributed by atoms with Gasteiger partial charge in [-0.3, -0.25) is 4.79 Å². The summed E-state index contributed by atoms with van der Waals surface area (Å²) in [4.78, 5) is 19.1. The van der Waals surface area contributed by atoms with Crippen LogP contribution in [0.15, 0.2) is 30.3 Å². The molecule has 1 saturated heterocycles. The Balaban J connectivity index is 1.98. The van der Waals surface area contributed by atoms with Gasteiger partial charge < -0.3 is 10.6 Å². The molecule has 0 spiro atoms. The molecule has 2 aromatic rings. The lowest BCUT2D eigenvalue weighted by atomic mass is 9.88. The maximum Gasteiger partial charge on any atom is 0.254 e. The Kier molecular flexibility index (Phi) is 3.53. The fraction of sp³-hybridized carbons (Fsp3) is 0.412. The number of pyridine rings is 1. The zero-order chi connectivity index (χ0) is 15.0. The predicted octanol–water partition coefficient (Wildman–Crippen LogP) is 2.94. The number of carbonyl (C=O) groups excluding carboxylic acids is 1. The van der Waals surface area contributed by atoms with E-state index in [1.165, 1.54) is 0 Å². The third-order valence-electron chi connectivity index (χ3n) is 4.59. The van der Waals surface area contributed by atoms with Crippen molar-refractivity contribution >= 4 is 22.6 Å². The van der Waals surface area contributed by atoms with E-state index in [4.69, 9.17) is 5.73 Å². The Morgan fingerprint density at radius 2 is 2.05 bits per heavy atom. The molecule has 0 aliphatic carbocycles. The molecular weight excluding hydrogens is 262 g/mol. The number of para-hydroxylation sites is 1. The molecule has 1 aliphatic rings. The average molecular weight is 283 g/mol. The first kappa shape index (κ1) is 13.9. The van der Waals surface area contributed by atoms with Gasteiger partial charge in [-0.05, 0) is 30.4 Å². The molecule has 2 N–H and O–H groups in total. The van der Waals surface area contributed by atoms with Crippen LogP contribution < -0.4 is 5.73 Å². The van der Waals surface area contributed by atoms with Gasteiger partial charge in [0.15, 0.2) is 0 Å². The van der Waals surface area contributed by atoms with Gasteiger partial charge in [-0.1, -0.05) is 32.0 Å². The topological polar surface area (TPSA) is 59.2 Å². The Morgan fingerprint density at radius 1 is 1.29 bits per heavy atom. The first-order valence-electron chi connectivity index (χ1n) is 7.51. The second-order valence-corrected chi connectivity index (χ2v) is 6.11. The van der Waals surface area contributed by atoms with Crippen LogP contribution in [0.25, 0.3) is 10.9 Å². The van der Waals surface area contributed by atoms with E-state index in [1.807, 2.05) is 29.2 Å². The molecule has 2 unspecified atom stereocenters. The summed E-state index contributed by atoms with van der Waals surface area (Å²) in [7, 11) is 0. The fourth-order valence-corrected chi connectivity index (χ4v) is 2.99. The number of aromatic nitrogens is 1. The predicted molar refractivity (Wildman–Crippen MR) is 85.0 cm³/mol. The Morgan fingerprint density at radius 3 is 2.81 bits per heavy atom. The lowest BCUT2D eigenvalue weighted by Crippen LogP contribution is -2.42. The summed E-state index contributed by atoms with van der Waals surface area (Å²) in [6.45, 7) is 6.10. The number of rotatable bonds is 1. The number of nitrogens with two attached hydrogens (primary N) is 1. The molecule has 1 aliphatic heterocycles. The molecule has 1 fully saturated rings. The second-order valence-electron chi connectivity index (χ2n) is 6.11. The van der Waals surface area contributed by atoms with Gasteiger partial charge in [-0.15, -0.1) is 0 Å². The van der Waals surface area contributed by atoms with Crippen molar-refractivity contribution in [1.82, 2.24) is 9.88 Å². The van der Waals surface area contributed by atoms with Crippen LogP contribution >= 0.6 is 0 Å². The van der Waals surface area contributed by atoms with Crippen molar-refractivity contribution in [3.8, 4) is 0 Å². The average Bonchev–Trinajstić information content (AvgIpc) is 2.48. The minimum absolute atomic E-state index is 0.0686. The van der Waals surface area contributed by atoms with E-state index in [-0.39, 0.29) is 5.91 Å². The molecule has 1 aromatic heterocycles. The lowest BCUT2D eigenvalue weighted by Gasteiger charge is -2.35. The summed E-state index contributed by atoms with van der Waals surface area (Å²) in [6.07, 6.45) is 1.06. The van der Waals surface area contributed by atoms with Gasteiger partial charge >= 0.3 is 0 Å². The van der Waals surface area contributed by atoms with Crippen LogP contribution in [-0.2, 0) is 0 Å². The van der Waals surface area contributed by atoms with Crippen molar-refractivity contribution in [3.05, 3.63) is 35.9 Å². The molecule has 2 heterocycles. The zero-order valence-electron chi connectivity index (χ0n) is 12.5. The Hall–Kier alpha value is -2.10. The van der Waals surface area contributed by atoms with Crippen molar-refractivity contribution in [1.29, 1.82) is 0 Å². The molecule has 110 valence electrons. The SMILES string of the molecule is CC1CCN(C(=O)c2cc(N)nc3ccccc23)CC1C. The molecule has 4 heteroatoms. The number of anilines is 1. The summed E-state index contributed by atoms with van der Waals surface area (Å²) in [6, 6.07) is 9.37. The molecule has 0 radical (unpaired) electrons. The summed E-state index contributed by atoms with van der Waals surface area (Å²) in [5.74, 6) is 1.68. The summed E-state index contributed by atoms with van der Waals surface area (Å²) >= 11 is 0. The third kappa shape index (κ3) is 2.58. The molecule has 1 amide bonds. The minimum Gasteiger partial charge on any atom is -0.384 e. The molecule has 1 aromatic carbocycles. The van der Waals surface area contributed by atoms with Crippen LogP contribution in [0.4, 0.5) is 5.82 Å². The van der Waals surface area contributed by atoms with E-state index in [0.717, 1.165) is 30.4 Å². The number of hydrogen-bond donors (Lipinski definition) is 1. The summed E-state index contributed by atoms with van der Waals surface area (Å²) in [5, 5.41) is 0.878. The number of carbonyl (C=O) groups is 1. The van der Waals surface area contributed by atoms with E-state index in [0.29, 0.717) is 23.2 Å². The minimum atomic E-state index is 0.0686. The molecule has 3 rings (SSSR count). The van der Waals surface area contributed by atoms with Gasteiger partial charge in [0.2, 0.25) is 0 Å². The van der Waals surface area contributed by atoms with Gasteiger partial charge in [-0.2, -0.15) is 0 Å². The lowest BCUT2D eigenvalue weighted by molar-refractivity contribution is 0.0629. The maximum atomic E-state index is 12.9. The normalized spacial score (nSPS) is 22.5. The van der Waals surface area contributed by atoms with Gasteiger partial charge in [0.1, 0.15) is 5.82 Å². The standard InChI is InChI=1S/C17H21N3O/c1-11-7-8-20(10-12(11)2)17(21)14-9-16(18)19-15-6-4-3-5-13(14)15/h3-6,9,11-12H,7-8,10H2,1-2H3,(H2,18,19). The van der Waals surface area contributed by atoms with Crippen LogP contribution in [0.1, 0.15) is 30.6 Å². The largest absolute Gasteiger partial charge is 0.384 e. The molecule has 0 bridgehead atoms. The number of benzene rings is 1. The highest BCUT2D eigenvalue weighted by atomic mass is 16.2. The van der Waals surface area contributed by atoms with Crippen molar-refractivity contribution in [2.24, 2.45) is 11.8 Å². The van der Waals surface area contributed by atoms with Crippen LogP contribution in [0.5, 0.6) is 0 Å². The van der Waals surface area contributed by atoms with Crippen molar-refractivity contribution in [3.63, 3.8) is 0 Å². The number of likely N-dealkylation sites (tertiary alicyclic amines) is 1. The van der Waals surface area contributed by atoms with Gasteiger partial charge in [0, 0.05) is 18.5 Å². The molecule has 21 heavy (non-hydrogen) atoms. The van der Waals surface area contributed by atoms with Gasteiger partial charge in [0.05, 0.1) is 11.1 Å². The number of piperidine rings is 1. The van der Waals surface area contributed by atoms with Crippen LogP contribution in [0.3, 0.4) is 0 Å². The van der Waals surface area contributed by atoms with E-state index >= 15 is 0 Å². The smallest absolute Gasteiger partial charge is 0.254 e. The molecule has 0 saturated carbocycles. The first-order valence-corrected chi connectivity index (χ1v) is 7.51. The summed E-state index contributed by atoms with van der Waals surface area (Å²) < 4.78 is 0. The van der Waals surface area contributed by atoms with Gasteiger partial charge in [-0.25, -0.2) is 4.98 Å². The number of hydrogen-bond acceptors (Lipinski definition) is 3. The number of fused-ring (bicyclic) bond motifs is 1. The molecule has 2 atom stereocenters. The Bertz CT molecular complexity index is 683. The number of amides is 1. The van der Waals surface area contributed by atoms with E-state index in [2.05, 4.69) is 18.8 Å². The van der Waals surface area contributed by atoms with Crippen LogP contribution in [0, 0.1) is 11.8 Å². The second kappa shape index (κ2) is 5.35. The van der Waals surface area contributed by atoms with Crippen LogP contribution in [-0.4, -0.2) is 28.9 Å². The highest BCUT2D eigenvalue weighted by molar-refractivity contribution is 6.06. The maximum absolute atomic E-state index is 12.9. The Labute approximate surface area is 125 Å². The van der Waals surface area contributed by atoms with E-state index in [9.17, 15) is 4.79 Å². The van der Waals surface area contributed by atoms with Crippen LogP contribution in [0.2, 0.25) is 0 Å². The van der Waals surface area contributed by atoms with Crippen molar-refractivity contribution < 1.29 is 4.79 Å².